The Bertz CT molecular complexity index is 1080. The maximum absolute atomic E-state index is 14.3. The molecule has 2 saturated heterocycles. The van der Waals surface area contributed by atoms with Gasteiger partial charge in [0.1, 0.15) is 5.82 Å². The summed E-state index contributed by atoms with van der Waals surface area (Å²) >= 11 is 6.38. The first-order valence-electron chi connectivity index (χ1n) is 12.3. The molecular weight excluding hydrogens is 467 g/mol. The summed E-state index contributed by atoms with van der Waals surface area (Å²) in [5.41, 5.74) is 0.924. The Morgan fingerprint density at radius 1 is 1.20 bits per heavy atom. The van der Waals surface area contributed by atoms with Gasteiger partial charge < -0.3 is 15.5 Å². The maximum atomic E-state index is 14.3. The summed E-state index contributed by atoms with van der Waals surface area (Å²) in [4.78, 5) is 30.3. The third-order valence-corrected chi connectivity index (χ3v) is 7.54. The molecule has 2 amide bonds. The van der Waals surface area contributed by atoms with Gasteiger partial charge in [-0.25, -0.2) is 4.39 Å². The lowest BCUT2D eigenvalue weighted by atomic mass is 9.88. The SMILES string of the molecule is CC[C@@H](NC(=O)[C@@H]1CNC[C@H](N2CC(=O)N(c3ccccc3Cl)CC2(C)C)C1)c1ccccc1F. The fourth-order valence-corrected chi connectivity index (χ4v) is 5.57. The minimum absolute atomic E-state index is 0.00500. The summed E-state index contributed by atoms with van der Waals surface area (Å²) in [5.74, 6) is -0.663. The van der Waals surface area contributed by atoms with Crippen LogP contribution in [0, 0.1) is 11.7 Å². The molecule has 8 heteroatoms. The van der Waals surface area contributed by atoms with E-state index in [1.807, 2.05) is 25.1 Å². The number of piperazine rings is 1. The van der Waals surface area contributed by atoms with Gasteiger partial charge in [-0.2, -0.15) is 0 Å². The quantitative estimate of drug-likeness (QED) is 0.625. The molecule has 6 nitrogen and oxygen atoms in total. The van der Waals surface area contributed by atoms with E-state index in [1.165, 1.54) is 6.07 Å². The van der Waals surface area contributed by atoms with Crippen molar-refractivity contribution in [3.63, 3.8) is 0 Å². The van der Waals surface area contributed by atoms with Gasteiger partial charge in [-0.3, -0.25) is 14.5 Å². The highest BCUT2D eigenvalue weighted by molar-refractivity contribution is 6.33. The van der Waals surface area contributed by atoms with Crippen LogP contribution in [-0.2, 0) is 9.59 Å². The Balaban J connectivity index is 1.45. The number of halogens is 2. The molecule has 3 atom stereocenters. The first-order chi connectivity index (χ1) is 16.7. The number of carbonyl (C=O) groups excluding carboxylic acids is 2. The van der Waals surface area contributed by atoms with Gasteiger partial charge in [-0.05, 0) is 44.9 Å². The van der Waals surface area contributed by atoms with Crippen molar-refractivity contribution in [3.8, 4) is 0 Å². The summed E-state index contributed by atoms with van der Waals surface area (Å²) < 4.78 is 14.3. The van der Waals surface area contributed by atoms with Crippen LogP contribution < -0.4 is 15.5 Å². The Labute approximate surface area is 211 Å². The topological polar surface area (TPSA) is 64.7 Å². The molecule has 0 aliphatic carbocycles. The summed E-state index contributed by atoms with van der Waals surface area (Å²) in [6, 6.07) is 13.6. The van der Waals surface area contributed by atoms with E-state index in [0.29, 0.717) is 43.1 Å². The molecule has 2 fully saturated rings. The molecule has 2 aromatic rings. The van der Waals surface area contributed by atoms with Gasteiger partial charge in [0.05, 0.1) is 29.2 Å². The molecule has 2 aromatic carbocycles. The lowest BCUT2D eigenvalue weighted by molar-refractivity contribution is -0.129. The second-order valence-corrected chi connectivity index (χ2v) is 10.5. The predicted octanol–water partition coefficient (Wildman–Crippen LogP) is 4.15. The van der Waals surface area contributed by atoms with Gasteiger partial charge in [0.15, 0.2) is 0 Å². The monoisotopic (exact) mass is 500 g/mol. The van der Waals surface area contributed by atoms with Gasteiger partial charge in [0, 0.05) is 36.8 Å². The standard InChI is InChI=1S/C27H34ClFN4O2/c1-4-23(20-9-5-7-11-22(20)29)31-26(35)18-13-19(15-30-14-18)33-16-25(34)32(17-27(33,2)3)24-12-8-6-10-21(24)28/h5-12,18-19,23,30H,4,13-17H2,1-3H3,(H,31,35)/t18-,19+,23+/m0/s1. The fourth-order valence-electron chi connectivity index (χ4n) is 5.33. The molecule has 0 saturated carbocycles. The van der Waals surface area contributed by atoms with Crippen molar-refractivity contribution in [2.75, 3.05) is 31.1 Å². The van der Waals surface area contributed by atoms with Gasteiger partial charge in [0.2, 0.25) is 11.8 Å². The molecular formula is C27H34ClFN4O2. The first-order valence-corrected chi connectivity index (χ1v) is 12.7. The molecule has 2 heterocycles. The molecule has 0 spiro atoms. The normalized spacial score (nSPS) is 23.7. The summed E-state index contributed by atoms with van der Waals surface area (Å²) in [6.45, 7) is 8.21. The van der Waals surface area contributed by atoms with E-state index in [4.69, 9.17) is 11.6 Å². The van der Waals surface area contributed by atoms with Crippen LogP contribution in [0.5, 0.6) is 0 Å². The molecule has 0 bridgehead atoms. The third-order valence-electron chi connectivity index (χ3n) is 7.22. The highest BCUT2D eigenvalue weighted by atomic mass is 35.5. The highest BCUT2D eigenvalue weighted by Crippen LogP contribution is 2.34. The van der Waals surface area contributed by atoms with Crippen molar-refractivity contribution in [1.29, 1.82) is 0 Å². The molecule has 35 heavy (non-hydrogen) atoms. The third kappa shape index (κ3) is 5.52. The maximum Gasteiger partial charge on any atom is 0.241 e. The number of para-hydroxylation sites is 1. The van der Waals surface area contributed by atoms with Crippen LogP contribution >= 0.6 is 11.6 Å². The zero-order valence-electron chi connectivity index (χ0n) is 20.6. The minimum Gasteiger partial charge on any atom is -0.349 e. The number of piperidine rings is 1. The summed E-state index contributed by atoms with van der Waals surface area (Å²) in [5, 5.41) is 7.00. The number of hydrogen-bond acceptors (Lipinski definition) is 4. The van der Waals surface area contributed by atoms with Crippen molar-refractivity contribution in [1.82, 2.24) is 15.5 Å². The fraction of sp³-hybridized carbons (Fsp3) is 0.481. The largest absolute Gasteiger partial charge is 0.349 e. The molecule has 0 unspecified atom stereocenters. The second-order valence-electron chi connectivity index (χ2n) is 10.1. The number of benzene rings is 2. The number of hydrogen-bond donors (Lipinski definition) is 2. The van der Waals surface area contributed by atoms with E-state index < -0.39 is 0 Å². The van der Waals surface area contributed by atoms with Crippen molar-refractivity contribution >= 4 is 29.1 Å². The lowest BCUT2D eigenvalue weighted by Gasteiger charge is -2.51. The molecule has 0 aromatic heterocycles. The molecule has 2 aliphatic rings. The summed E-state index contributed by atoms with van der Waals surface area (Å²) in [7, 11) is 0. The lowest BCUT2D eigenvalue weighted by Crippen LogP contribution is -2.67. The van der Waals surface area contributed by atoms with E-state index in [9.17, 15) is 14.0 Å². The minimum atomic E-state index is -0.374. The van der Waals surface area contributed by atoms with Crippen LogP contribution in [0.4, 0.5) is 10.1 Å². The van der Waals surface area contributed by atoms with Crippen LogP contribution in [0.2, 0.25) is 5.02 Å². The van der Waals surface area contributed by atoms with Crippen LogP contribution in [0.25, 0.3) is 0 Å². The number of carbonyl (C=O) groups is 2. The highest BCUT2D eigenvalue weighted by Gasteiger charge is 2.44. The average molecular weight is 501 g/mol. The van der Waals surface area contributed by atoms with E-state index >= 15 is 0 Å². The summed E-state index contributed by atoms with van der Waals surface area (Å²) in [6.07, 6.45) is 1.23. The molecule has 2 aliphatic heterocycles. The van der Waals surface area contributed by atoms with Gasteiger partial charge in [-0.1, -0.05) is 48.9 Å². The Morgan fingerprint density at radius 3 is 2.63 bits per heavy atom. The van der Waals surface area contributed by atoms with E-state index in [-0.39, 0.29) is 47.7 Å². The number of nitrogens with one attached hydrogen (secondary N) is 2. The van der Waals surface area contributed by atoms with Gasteiger partial charge in [0.25, 0.3) is 0 Å². The second kappa shape index (κ2) is 10.6. The van der Waals surface area contributed by atoms with E-state index in [0.717, 1.165) is 5.69 Å². The molecule has 4 rings (SSSR count). The number of amides is 2. The first kappa shape index (κ1) is 25.6. The van der Waals surface area contributed by atoms with Crippen molar-refractivity contribution in [2.24, 2.45) is 5.92 Å². The molecule has 2 N–H and O–H groups in total. The van der Waals surface area contributed by atoms with Crippen LogP contribution in [0.15, 0.2) is 48.5 Å². The smallest absolute Gasteiger partial charge is 0.241 e. The van der Waals surface area contributed by atoms with Crippen LogP contribution in [0.1, 0.15) is 45.2 Å². The Morgan fingerprint density at radius 2 is 1.91 bits per heavy atom. The number of nitrogens with zero attached hydrogens (tertiary/aromatic N) is 2. The van der Waals surface area contributed by atoms with Crippen molar-refractivity contribution in [2.45, 2.75) is 51.2 Å². The average Bonchev–Trinajstić information content (AvgIpc) is 2.84. The van der Waals surface area contributed by atoms with Gasteiger partial charge >= 0.3 is 0 Å². The Kier molecular flexibility index (Phi) is 7.79. The van der Waals surface area contributed by atoms with Gasteiger partial charge in [-0.15, -0.1) is 0 Å². The zero-order chi connectivity index (χ0) is 25.2. The molecule has 188 valence electrons. The molecule has 0 radical (unpaired) electrons. The van der Waals surface area contributed by atoms with Crippen LogP contribution in [-0.4, -0.2) is 54.5 Å². The number of anilines is 1. The Hall–Kier alpha value is -2.48. The van der Waals surface area contributed by atoms with Crippen molar-refractivity contribution in [3.05, 3.63) is 64.9 Å². The van der Waals surface area contributed by atoms with Crippen molar-refractivity contribution < 1.29 is 14.0 Å². The number of rotatable bonds is 6. The van der Waals surface area contributed by atoms with E-state index in [1.54, 1.807) is 29.2 Å². The van der Waals surface area contributed by atoms with Crippen LogP contribution in [0.3, 0.4) is 0 Å². The van der Waals surface area contributed by atoms with E-state index in [2.05, 4.69) is 29.4 Å². The predicted molar refractivity (Wildman–Crippen MR) is 137 cm³/mol. The zero-order valence-corrected chi connectivity index (χ0v) is 21.3.